The number of nitrogens with zero attached hydrogens (tertiary/aromatic N) is 1. The Balaban J connectivity index is 2.29. The van der Waals surface area contributed by atoms with Crippen LogP contribution < -0.4 is 10.6 Å². The number of rotatable bonds is 4. The summed E-state index contributed by atoms with van der Waals surface area (Å²) in [5.41, 5.74) is 10.0. The van der Waals surface area contributed by atoms with Gasteiger partial charge in [-0.3, -0.25) is 4.79 Å². The Bertz CT molecular complexity index is 622. The molecule has 1 atom stereocenters. The molecule has 3 heteroatoms. The van der Waals surface area contributed by atoms with E-state index in [0.29, 0.717) is 6.54 Å². The number of carbonyl (C=O) groups excluding carboxylic acids is 1. The SMILES string of the molecule is Cc1ccc(N(C)C(=O)C(CN)c2ccccc2)c(C)c1. The highest BCUT2D eigenvalue weighted by molar-refractivity contribution is 5.98. The first-order valence-electron chi connectivity index (χ1n) is 7.14. The molecule has 2 aromatic carbocycles. The molecular formula is C18H22N2O. The molecule has 2 aromatic rings. The number of amides is 1. The largest absolute Gasteiger partial charge is 0.329 e. The number of hydrogen-bond donors (Lipinski definition) is 1. The van der Waals surface area contributed by atoms with E-state index in [0.717, 1.165) is 16.8 Å². The number of anilines is 1. The number of likely N-dealkylation sites (N-methyl/N-ethyl adjacent to an activating group) is 1. The van der Waals surface area contributed by atoms with Crippen LogP contribution in [0.1, 0.15) is 22.6 Å². The van der Waals surface area contributed by atoms with Crippen LogP contribution in [0, 0.1) is 13.8 Å². The first kappa shape index (κ1) is 15.3. The van der Waals surface area contributed by atoms with Crippen LogP contribution in [0.25, 0.3) is 0 Å². The van der Waals surface area contributed by atoms with Crippen LogP contribution in [0.15, 0.2) is 48.5 Å². The second kappa shape index (κ2) is 6.55. The summed E-state index contributed by atoms with van der Waals surface area (Å²) in [6, 6.07) is 15.8. The number of aryl methyl sites for hydroxylation is 2. The molecule has 110 valence electrons. The summed E-state index contributed by atoms with van der Waals surface area (Å²) in [5, 5.41) is 0. The molecule has 3 nitrogen and oxygen atoms in total. The van der Waals surface area contributed by atoms with Gasteiger partial charge in [0.05, 0.1) is 5.92 Å². The molecule has 1 amide bonds. The fraction of sp³-hybridized carbons (Fsp3) is 0.278. The monoisotopic (exact) mass is 282 g/mol. The molecule has 0 aliphatic heterocycles. The smallest absolute Gasteiger partial charge is 0.235 e. The van der Waals surface area contributed by atoms with Gasteiger partial charge in [0.25, 0.3) is 0 Å². The van der Waals surface area contributed by atoms with Crippen molar-refractivity contribution in [2.75, 3.05) is 18.5 Å². The molecule has 1 unspecified atom stereocenters. The predicted octanol–water partition coefficient (Wildman–Crippen LogP) is 3.01. The van der Waals surface area contributed by atoms with Crippen molar-refractivity contribution < 1.29 is 4.79 Å². The summed E-state index contributed by atoms with van der Waals surface area (Å²) in [6.07, 6.45) is 0. The Morgan fingerprint density at radius 2 is 1.81 bits per heavy atom. The quantitative estimate of drug-likeness (QED) is 0.937. The summed E-state index contributed by atoms with van der Waals surface area (Å²) >= 11 is 0. The van der Waals surface area contributed by atoms with E-state index in [4.69, 9.17) is 5.73 Å². The van der Waals surface area contributed by atoms with E-state index in [1.54, 1.807) is 4.90 Å². The summed E-state index contributed by atoms with van der Waals surface area (Å²) < 4.78 is 0. The zero-order valence-corrected chi connectivity index (χ0v) is 12.8. The zero-order valence-electron chi connectivity index (χ0n) is 12.8. The van der Waals surface area contributed by atoms with Gasteiger partial charge < -0.3 is 10.6 Å². The molecule has 0 saturated carbocycles. The summed E-state index contributed by atoms with van der Waals surface area (Å²) in [7, 11) is 1.81. The van der Waals surface area contributed by atoms with Crippen LogP contribution in [-0.2, 0) is 4.79 Å². The highest BCUT2D eigenvalue weighted by atomic mass is 16.2. The summed E-state index contributed by atoms with van der Waals surface area (Å²) in [6.45, 7) is 4.37. The average Bonchev–Trinajstić information content (AvgIpc) is 2.48. The Morgan fingerprint density at radius 1 is 1.14 bits per heavy atom. The fourth-order valence-corrected chi connectivity index (χ4v) is 2.60. The van der Waals surface area contributed by atoms with Crippen LogP contribution in [0.5, 0.6) is 0 Å². The lowest BCUT2D eigenvalue weighted by Gasteiger charge is -2.25. The third kappa shape index (κ3) is 3.31. The number of benzene rings is 2. The van der Waals surface area contributed by atoms with Crippen molar-refractivity contribution in [3.8, 4) is 0 Å². The maximum absolute atomic E-state index is 12.8. The van der Waals surface area contributed by atoms with Crippen molar-refractivity contribution in [3.63, 3.8) is 0 Å². The maximum atomic E-state index is 12.8. The molecule has 0 aromatic heterocycles. The van der Waals surface area contributed by atoms with E-state index in [1.165, 1.54) is 5.56 Å². The van der Waals surface area contributed by atoms with E-state index in [9.17, 15) is 4.79 Å². The van der Waals surface area contributed by atoms with Gasteiger partial charge in [0.1, 0.15) is 0 Å². The van der Waals surface area contributed by atoms with E-state index >= 15 is 0 Å². The Labute approximate surface area is 126 Å². The highest BCUT2D eigenvalue weighted by Crippen LogP contribution is 2.24. The van der Waals surface area contributed by atoms with Gasteiger partial charge in [-0.2, -0.15) is 0 Å². The molecule has 0 radical (unpaired) electrons. The van der Waals surface area contributed by atoms with Gasteiger partial charge in [0, 0.05) is 19.3 Å². The van der Waals surface area contributed by atoms with Crippen molar-refractivity contribution in [1.82, 2.24) is 0 Å². The lowest BCUT2D eigenvalue weighted by Crippen LogP contribution is -2.35. The first-order chi connectivity index (χ1) is 10.0. The summed E-state index contributed by atoms with van der Waals surface area (Å²) in [4.78, 5) is 14.5. The van der Waals surface area contributed by atoms with Crippen LogP contribution in [-0.4, -0.2) is 19.5 Å². The van der Waals surface area contributed by atoms with Crippen molar-refractivity contribution in [2.45, 2.75) is 19.8 Å². The Hall–Kier alpha value is -2.13. The van der Waals surface area contributed by atoms with E-state index in [2.05, 4.69) is 6.07 Å². The minimum atomic E-state index is -0.308. The molecule has 2 rings (SSSR count). The normalized spacial score (nSPS) is 12.0. The molecule has 0 bridgehead atoms. The molecule has 0 saturated heterocycles. The van der Waals surface area contributed by atoms with E-state index in [1.807, 2.05) is 63.4 Å². The van der Waals surface area contributed by atoms with Crippen molar-refractivity contribution in [2.24, 2.45) is 5.73 Å². The van der Waals surface area contributed by atoms with Crippen LogP contribution >= 0.6 is 0 Å². The molecule has 0 fully saturated rings. The molecular weight excluding hydrogens is 260 g/mol. The van der Waals surface area contributed by atoms with Crippen molar-refractivity contribution in [1.29, 1.82) is 0 Å². The molecule has 2 N–H and O–H groups in total. The first-order valence-corrected chi connectivity index (χ1v) is 7.14. The van der Waals surface area contributed by atoms with Crippen LogP contribution in [0.4, 0.5) is 5.69 Å². The van der Waals surface area contributed by atoms with Gasteiger partial charge in [-0.1, -0.05) is 48.0 Å². The lowest BCUT2D eigenvalue weighted by atomic mass is 9.97. The lowest BCUT2D eigenvalue weighted by molar-refractivity contribution is -0.119. The highest BCUT2D eigenvalue weighted by Gasteiger charge is 2.24. The van der Waals surface area contributed by atoms with Gasteiger partial charge in [-0.05, 0) is 31.0 Å². The second-order valence-electron chi connectivity index (χ2n) is 5.39. The van der Waals surface area contributed by atoms with E-state index in [-0.39, 0.29) is 11.8 Å². The molecule has 0 heterocycles. The topological polar surface area (TPSA) is 46.3 Å². The third-order valence-electron chi connectivity index (χ3n) is 3.78. The third-order valence-corrected chi connectivity index (χ3v) is 3.78. The van der Waals surface area contributed by atoms with Crippen molar-refractivity contribution in [3.05, 3.63) is 65.2 Å². The molecule has 0 spiro atoms. The van der Waals surface area contributed by atoms with Gasteiger partial charge in [0.15, 0.2) is 0 Å². The standard InChI is InChI=1S/C18H22N2O/c1-13-9-10-17(14(2)11-13)20(3)18(21)16(12-19)15-7-5-4-6-8-15/h4-11,16H,12,19H2,1-3H3. The van der Waals surface area contributed by atoms with Crippen LogP contribution in [0.2, 0.25) is 0 Å². The number of carbonyl (C=O) groups is 1. The maximum Gasteiger partial charge on any atom is 0.235 e. The second-order valence-corrected chi connectivity index (χ2v) is 5.39. The number of hydrogen-bond acceptors (Lipinski definition) is 2. The fourth-order valence-electron chi connectivity index (χ4n) is 2.60. The minimum absolute atomic E-state index is 0.0238. The predicted molar refractivity (Wildman–Crippen MR) is 87.6 cm³/mol. The van der Waals surface area contributed by atoms with Gasteiger partial charge in [0.2, 0.25) is 5.91 Å². The Morgan fingerprint density at radius 3 is 2.38 bits per heavy atom. The minimum Gasteiger partial charge on any atom is -0.329 e. The van der Waals surface area contributed by atoms with Gasteiger partial charge in [-0.25, -0.2) is 0 Å². The molecule has 0 aliphatic rings. The van der Waals surface area contributed by atoms with Gasteiger partial charge in [-0.15, -0.1) is 0 Å². The van der Waals surface area contributed by atoms with E-state index < -0.39 is 0 Å². The Kier molecular flexibility index (Phi) is 4.76. The zero-order chi connectivity index (χ0) is 15.4. The molecule has 21 heavy (non-hydrogen) atoms. The van der Waals surface area contributed by atoms with Crippen molar-refractivity contribution >= 4 is 11.6 Å². The average molecular weight is 282 g/mol. The summed E-state index contributed by atoms with van der Waals surface area (Å²) in [5.74, 6) is -0.285. The van der Waals surface area contributed by atoms with Gasteiger partial charge >= 0.3 is 0 Å². The van der Waals surface area contributed by atoms with Crippen LogP contribution in [0.3, 0.4) is 0 Å². The molecule has 0 aliphatic carbocycles. The number of nitrogens with two attached hydrogens (primary N) is 1.